The quantitative estimate of drug-likeness (QED) is 0.0795. The fourth-order valence-electron chi connectivity index (χ4n) is 7.16. The van der Waals surface area contributed by atoms with Crippen LogP contribution in [0.4, 0.5) is 0 Å². The van der Waals surface area contributed by atoms with Crippen LogP contribution in [-0.4, -0.2) is 19.3 Å². The van der Waals surface area contributed by atoms with E-state index < -0.39 is 25.3 Å². The smallest absolute Gasteiger partial charge is 0.483 e. The highest BCUT2D eigenvalue weighted by Gasteiger charge is 2.38. The number of hydrogen-bond donors (Lipinski definition) is 0. The van der Waals surface area contributed by atoms with Gasteiger partial charge in [0.2, 0.25) is 0 Å². The van der Waals surface area contributed by atoms with Gasteiger partial charge in [-0.05, 0) is 86.6 Å². The lowest BCUT2D eigenvalue weighted by atomic mass is 10.0. The van der Waals surface area contributed by atoms with Gasteiger partial charge in [0.15, 0.2) is 23.0 Å². The van der Waals surface area contributed by atoms with E-state index in [1.54, 1.807) is 0 Å². The Bertz CT molecular complexity index is 2170. The summed E-state index contributed by atoms with van der Waals surface area (Å²) in [5.74, 6) is 5.20. The zero-order valence-corrected chi connectivity index (χ0v) is 35.7. The molecule has 0 saturated heterocycles. The molecule has 0 amide bonds. The van der Waals surface area contributed by atoms with E-state index in [0.717, 1.165) is 45.8 Å². The number of fused-ring (bicyclic) bond motifs is 2. The van der Waals surface area contributed by atoms with Gasteiger partial charge in [-0.3, -0.25) is 0 Å². The molecule has 8 rings (SSSR count). The fraction of sp³-hybridized carbons (Fsp3) is 0.217. The standard InChI is InChI=1S/C46H46O8P2Si/c1-45(2)31-33-19-17-27-39(43(33)47-45)53-55(49-35-21-9-7-10-22-35)51-37-25-13-15-29-41(37)57(5,6)42-30-16-14-26-38(42)52-56(50-36-23-11-8-12-24-36)54-40-28-18-20-34-32-46(3,4)48-44(34)40/h7-30H,31-32H2,1-6H3. The van der Waals surface area contributed by atoms with Crippen LogP contribution in [0.5, 0.6) is 46.0 Å². The van der Waals surface area contributed by atoms with Gasteiger partial charge in [-0.1, -0.05) is 110 Å². The number of benzene rings is 6. The molecule has 8 nitrogen and oxygen atoms in total. The van der Waals surface area contributed by atoms with Crippen LogP contribution in [0.2, 0.25) is 13.1 Å². The molecular formula is C46H46O8P2Si. The van der Waals surface area contributed by atoms with Crippen molar-refractivity contribution in [3.63, 3.8) is 0 Å². The second-order valence-corrected chi connectivity index (χ2v) is 22.1. The van der Waals surface area contributed by atoms with Gasteiger partial charge in [0, 0.05) is 24.0 Å². The molecule has 2 heterocycles. The van der Waals surface area contributed by atoms with E-state index >= 15 is 0 Å². The third-order valence-corrected chi connectivity index (χ3v) is 15.4. The van der Waals surface area contributed by atoms with Gasteiger partial charge in [-0.2, -0.15) is 0 Å². The molecule has 11 heteroatoms. The molecule has 0 spiro atoms. The van der Waals surface area contributed by atoms with E-state index in [1.807, 2.05) is 121 Å². The Balaban J connectivity index is 1.11. The molecular weight excluding hydrogens is 771 g/mol. The largest absolute Gasteiger partial charge is 0.530 e. The van der Waals surface area contributed by atoms with Crippen molar-refractivity contribution in [2.24, 2.45) is 0 Å². The van der Waals surface area contributed by atoms with Crippen LogP contribution in [0.15, 0.2) is 146 Å². The van der Waals surface area contributed by atoms with Crippen LogP contribution in [-0.2, 0) is 12.8 Å². The van der Waals surface area contributed by atoms with Crippen molar-refractivity contribution >= 4 is 35.7 Å². The molecule has 292 valence electrons. The van der Waals surface area contributed by atoms with Gasteiger partial charge in [-0.15, -0.1) is 0 Å². The highest BCUT2D eigenvalue weighted by Crippen LogP contribution is 2.51. The molecule has 0 saturated carbocycles. The molecule has 0 fully saturated rings. The predicted octanol–water partition coefficient (Wildman–Crippen LogP) is 11.5. The molecule has 2 aliphatic heterocycles. The molecule has 6 aromatic rings. The molecule has 0 radical (unpaired) electrons. The Morgan fingerprint density at radius 3 is 1.19 bits per heavy atom. The summed E-state index contributed by atoms with van der Waals surface area (Å²) in [6.45, 7) is 12.9. The van der Waals surface area contributed by atoms with Crippen LogP contribution in [0.25, 0.3) is 0 Å². The van der Waals surface area contributed by atoms with E-state index in [4.69, 9.17) is 36.6 Å². The first-order chi connectivity index (χ1) is 27.4. The minimum atomic E-state index is -2.62. The number of hydrogen-bond acceptors (Lipinski definition) is 8. The van der Waals surface area contributed by atoms with E-state index in [0.29, 0.717) is 34.5 Å². The van der Waals surface area contributed by atoms with Crippen LogP contribution >= 0.6 is 17.2 Å². The summed E-state index contributed by atoms with van der Waals surface area (Å²) in [6, 6.07) is 47.3. The third kappa shape index (κ3) is 8.87. The minimum Gasteiger partial charge on any atom is -0.483 e. The zero-order valence-electron chi connectivity index (χ0n) is 32.9. The molecule has 57 heavy (non-hydrogen) atoms. The Morgan fingerprint density at radius 2 is 0.772 bits per heavy atom. The molecule has 0 aliphatic carbocycles. The summed E-state index contributed by atoms with van der Waals surface area (Å²) in [5, 5.41) is 2.07. The topological polar surface area (TPSA) is 73.8 Å². The predicted molar refractivity (Wildman–Crippen MR) is 230 cm³/mol. The SMILES string of the molecule is CC1(C)Cc2cccc(OP(Oc3ccccc3)Oc3ccccc3[Si](C)(C)c3ccccc3OP(Oc3ccccc3)Oc3cccc4c3OC(C)(C)C4)c2O1. The van der Waals surface area contributed by atoms with Gasteiger partial charge in [-0.25, -0.2) is 0 Å². The maximum Gasteiger partial charge on any atom is 0.530 e. The Morgan fingerprint density at radius 1 is 0.421 bits per heavy atom. The van der Waals surface area contributed by atoms with Crippen molar-refractivity contribution in [3.05, 3.63) is 157 Å². The summed E-state index contributed by atoms with van der Waals surface area (Å²) in [7, 11) is -6.59. The molecule has 0 bridgehead atoms. The first-order valence-electron chi connectivity index (χ1n) is 19.0. The van der Waals surface area contributed by atoms with Gasteiger partial charge >= 0.3 is 17.2 Å². The number of rotatable bonds is 14. The molecule has 2 aliphatic rings. The molecule has 0 aromatic heterocycles. The average molecular weight is 817 g/mol. The van der Waals surface area contributed by atoms with Gasteiger partial charge in [0.1, 0.15) is 42.3 Å². The van der Waals surface area contributed by atoms with E-state index in [9.17, 15) is 0 Å². The van der Waals surface area contributed by atoms with Crippen LogP contribution < -0.4 is 47.0 Å². The Labute approximate surface area is 338 Å². The lowest BCUT2D eigenvalue weighted by Crippen LogP contribution is -2.53. The number of para-hydroxylation sites is 6. The van der Waals surface area contributed by atoms with E-state index in [-0.39, 0.29) is 11.2 Å². The van der Waals surface area contributed by atoms with Gasteiger partial charge < -0.3 is 36.6 Å². The lowest BCUT2D eigenvalue weighted by Gasteiger charge is -2.29. The van der Waals surface area contributed by atoms with E-state index in [1.165, 1.54) is 0 Å². The van der Waals surface area contributed by atoms with Crippen molar-refractivity contribution in [1.29, 1.82) is 0 Å². The monoisotopic (exact) mass is 816 g/mol. The molecule has 6 aromatic carbocycles. The highest BCUT2D eigenvalue weighted by atomic mass is 31.2. The Hall–Kier alpha value is -5.20. The zero-order chi connectivity index (χ0) is 39.6. The van der Waals surface area contributed by atoms with Crippen molar-refractivity contribution in [1.82, 2.24) is 0 Å². The average Bonchev–Trinajstić information content (AvgIpc) is 3.70. The van der Waals surface area contributed by atoms with Crippen molar-refractivity contribution in [2.45, 2.75) is 64.8 Å². The van der Waals surface area contributed by atoms with Crippen molar-refractivity contribution < 1.29 is 36.6 Å². The first-order valence-corrected chi connectivity index (χ1v) is 24.2. The van der Waals surface area contributed by atoms with E-state index in [2.05, 4.69) is 65.1 Å². The lowest BCUT2D eigenvalue weighted by molar-refractivity contribution is 0.135. The first kappa shape index (κ1) is 38.7. The van der Waals surface area contributed by atoms with Crippen LogP contribution in [0.3, 0.4) is 0 Å². The maximum absolute atomic E-state index is 6.81. The summed E-state index contributed by atoms with van der Waals surface area (Å²) in [6.07, 6.45) is 1.57. The van der Waals surface area contributed by atoms with Crippen molar-refractivity contribution in [2.75, 3.05) is 0 Å². The summed E-state index contributed by atoms with van der Waals surface area (Å²) >= 11 is 0. The molecule has 2 unspecified atom stereocenters. The Kier molecular flexibility index (Phi) is 10.8. The summed E-state index contributed by atoms with van der Waals surface area (Å²) in [4.78, 5) is 0. The fourth-order valence-corrected chi connectivity index (χ4v) is 12.2. The van der Waals surface area contributed by atoms with Crippen molar-refractivity contribution in [3.8, 4) is 46.0 Å². The van der Waals surface area contributed by atoms with Gasteiger partial charge in [0.05, 0.1) is 0 Å². The van der Waals surface area contributed by atoms with Crippen LogP contribution in [0.1, 0.15) is 38.8 Å². The minimum absolute atomic E-state index is 0.341. The van der Waals surface area contributed by atoms with Crippen LogP contribution in [0, 0.1) is 0 Å². The second kappa shape index (κ2) is 16.0. The third-order valence-electron chi connectivity index (χ3n) is 9.77. The molecule has 2 atom stereocenters. The molecule has 0 N–H and O–H groups in total. The summed E-state index contributed by atoms with van der Waals surface area (Å²) < 4.78 is 52.5. The second-order valence-electron chi connectivity index (χ2n) is 15.8. The van der Waals surface area contributed by atoms with Gasteiger partial charge in [0.25, 0.3) is 0 Å². The normalized spacial score (nSPS) is 15.8. The maximum atomic E-state index is 6.81. The number of ether oxygens (including phenoxy) is 2. The summed E-state index contributed by atoms with van der Waals surface area (Å²) in [5.41, 5.74) is 1.50. The highest BCUT2D eigenvalue weighted by molar-refractivity contribution is 7.43.